The van der Waals surface area contributed by atoms with E-state index in [0.29, 0.717) is 12.0 Å². The van der Waals surface area contributed by atoms with E-state index in [2.05, 4.69) is 28.3 Å². The van der Waals surface area contributed by atoms with Gasteiger partial charge in [-0.3, -0.25) is 4.90 Å². The first-order valence-electron chi connectivity index (χ1n) is 6.17. The summed E-state index contributed by atoms with van der Waals surface area (Å²) in [6, 6.07) is 0.328. The van der Waals surface area contributed by atoms with Crippen LogP contribution in [0, 0.1) is 5.92 Å². The van der Waals surface area contributed by atoms with E-state index in [1.807, 2.05) is 12.4 Å². The summed E-state index contributed by atoms with van der Waals surface area (Å²) in [6.07, 6.45) is 5.08. The fraction of sp³-hybridized carbons (Fsp3) is 0.750. The SMILES string of the molecule is CCn1ccnc1CN1CC(C)CC(N)C1. The molecule has 2 rings (SSSR count). The molecule has 16 heavy (non-hydrogen) atoms. The molecule has 2 atom stereocenters. The fourth-order valence-corrected chi connectivity index (χ4v) is 2.62. The van der Waals surface area contributed by atoms with Crippen LogP contribution in [0.15, 0.2) is 12.4 Å². The molecule has 4 heteroatoms. The van der Waals surface area contributed by atoms with Crippen molar-refractivity contribution < 1.29 is 0 Å². The van der Waals surface area contributed by atoms with Gasteiger partial charge in [-0.05, 0) is 19.3 Å². The van der Waals surface area contributed by atoms with Crippen LogP contribution in [-0.2, 0) is 13.1 Å². The highest BCUT2D eigenvalue weighted by molar-refractivity contribution is 4.93. The molecular weight excluding hydrogens is 200 g/mol. The number of piperidine rings is 1. The molecule has 1 aliphatic heterocycles. The van der Waals surface area contributed by atoms with E-state index in [0.717, 1.165) is 38.4 Å². The molecule has 90 valence electrons. The zero-order valence-corrected chi connectivity index (χ0v) is 10.3. The number of rotatable bonds is 3. The van der Waals surface area contributed by atoms with Gasteiger partial charge in [0.05, 0.1) is 6.54 Å². The Bertz CT molecular complexity index is 324. The van der Waals surface area contributed by atoms with Crippen molar-refractivity contribution in [1.29, 1.82) is 0 Å². The van der Waals surface area contributed by atoms with E-state index < -0.39 is 0 Å². The second kappa shape index (κ2) is 4.97. The summed E-state index contributed by atoms with van der Waals surface area (Å²) in [4.78, 5) is 6.84. The maximum Gasteiger partial charge on any atom is 0.122 e. The summed E-state index contributed by atoms with van der Waals surface area (Å²) in [5.74, 6) is 1.86. The van der Waals surface area contributed by atoms with Gasteiger partial charge in [-0.2, -0.15) is 0 Å². The van der Waals surface area contributed by atoms with Gasteiger partial charge in [0, 0.05) is 38.1 Å². The Morgan fingerprint density at radius 2 is 2.31 bits per heavy atom. The molecule has 0 aliphatic carbocycles. The van der Waals surface area contributed by atoms with Crippen molar-refractivity contribution in [3.63, 3.8) is 0 Å². The van der Waals surface area contributed by atoms with Crippen molar-refractivity contribution in [2.24, 2.45) is 11.7 Å². The molecule has 0 spiro atoms. The van der Waals surface area contributed by atoms with Crippen molar-refractivity contribution in [3.05, 3.63) is 18.2 Å². The van der Waals surface area contributed by atoms with Crippen molar-refractivity contribution in [2.75, 3.05) is 13.1 Å². The lowest BCUT2D eigenvalue weighted by Crippen LogP contribution is -2.46. The first-order valence-corrected chi connectivity index (χ1v) is 6.17. The molecule has 0 radical (unpaired) electrons. The Morgan fingerprint density at radius 1 is 1.50 bits per heavy atom. The predicted octanol–water partition coefficient (Wildman–Crippen LogP) is 1.07. The largest absolute Gasteiger partial charge is 0.334 e. The van der Waals surface area contributed by atoms with Gasteiger partial charge in [0.15, 0.2) is 0 Å². The smallest absolute Gasteiger partial charge is 0.122 e. The lowest BCUT2D eigenvalue weighted by Gasteiger charge is -2.34. The summed E-state index contributed by atoms with van der Waals surface area (Å²) >= 11 is 0. The van der Waals surface area contributed by atoms with Gasteiger partial charge in [-0.15, -0.1) is 0 Å². The molecule has 0 bridgehead atoms. The number of nitrogens with zero attached hydrogens (tertiary/aromatic N) is 3. The van der Waals surface area contributed by atoms with E-state index in [4.69, 9.17) is 5.73 Å². The van der Waals surface area contributed by atoms with Crippen LogP contribution in [0.2, 0.25) is 0 Å². The maximum absolute atomic E-state index is 6.05. The minimum Gasteiger partial charge on any atom is -0.334 e. The average Bonchev–Trinajstić information content (AvgIpc) is 2.63. The molecule has 1 saturated heterocycles. The lowest BCUT2D eigenvalue weighted by atomic mass is 9.97. The summed E-state index contributed by atoms with van der Waals surface area (Å²) in [5, 5.41) is 0. The molecule has 0 aromatic carbocycles. The van der Waals surface area contributed by atoms with Gasteiger partial charge in [0.1, 0.15) is 5.82 Å². The molecule has 4 nitrogen and oxygen atoms in total. The number of imidazole rings is 1. The zero-order valence-electron chi connectivity index (χ0n) is 10.3. The maximum atomic E-state index is 6.05. The van der Waals surface area contributed by atoms with Crippen LogP contribution in [0.5, 0.6) is 0 Å². The summed E-state index contributed by atoms with van der Waals surface area (Å²) in [7, 11) is 0. The van der Waals surface area contributed by atoms with E-state index in [9.17, 15) is 0 Å². The van der Waals surface area contributed by atoms with Crippen molar-refractivity contribution >= 4 is 0 Å². The Hall–Kier alpha value is -0.870. The Balaban J connectivity index is 1.98. The van der Waals surface area contributed by atoms with E-state index in [-0.39, 0.29) is 0 Å². The number of aryl methyl sites for hydroxylation is 1. The highest BCUT2D eigenvalue weighted by Gasteiger charge is 2.22. The average molecular weight is 222 g/mol. The van der Waals surface area contributed by atoms with Crippen LogP contribution < -0.4 is 5.73 Å². The minimum absolute atomic E-state index is 0.328. The van der Waals surface area contributed by atoms with Gasteiger partial charge < -0.3 is 10.3 Å². The third-order valence-electron chi connectivity index (χ3n) is 3.28. The number of hydrogen-bond acceptors (Lipinski definition) is 3. The second-order valence-electron chi connectivity index (χ2n) is 4.92. The summed E-state index contributed by atoms with van der Waals surface area (Å²) in [5.41, 5.74) is 6.05. The van der Waals surface area contributed by atoms with Crippen LogP contribution in [0.4, 0.5) is 0 Å². The fourth-order valence-electron chi connectivity index (χ4n) is 2.62. The zero-order chi connectivity index (χ0) is 11.5. The molecule has 2 N–H and O–H groups in total. The lowest BCUT2D eigenvalue weighted by molar-refractivity contribution is 0.153. The minimum atomic E-state index is 0.328. The van der Waals surface area contributed by atoms with Gasteiger partial charge in [0.25, 0.3) is 0 Å². The summed E-state index contributed by atoms with van der Waals surface area (Å²) in [6.45, 7) is 8.49. The Kier molecular flexibility index (Phi) is 3.61. The van der Waals surface area contributed by atoms with Crippen molar-refractivity contribution in [3.8, 4) is 0 Å². The first-order chi connectivity index (χ1) is 7.69. The quantitative estimate of drug-likeness (QED) is 0.832. The second-order valence-corrected chi connectivity index (χ2v) is 4.92. The topological polar surface area (TPSA) is 47.1 Å². The molecule has 1 aromatic heterocycles. The van der Waals surface area contributed by atoms with Crippen molar-refractivity contribution in [2.45, 2.75) is 39.4 Å². The molecular formula is C12H22N4. The van der Waals surface area contributed by atoms with Crippen LogP contribution in [0.25, 0.3) is 0 Å². The summed E-state index contributed by atoms with van der Waals surface area (Å²) < 4.78 is 2.20. The Morgan fingerprint density at radius 3 is 3.00 bits per heavy atom. The first kappa shape index (κ1) is 11.6. The van der Waals surface area contributed by atoms with Crippen LogP contribution in [0.3, 0.4) is 0 Å². The molecule has 1 fully saturated rings. The van der Waals surface area contributed by atoms with Crippen LogP contribution >= 0.6 is 0 Å². The number of likely N-dealkylation sites (tertiary alicyclic amines) is 1. The number of nitrogens with two attached hydrogens (primary N) is 1. The standard InChI is InChI=1S/C12H22N4/c1-3-16-5-4-14-12(16)9-15-7-10(2)6-11(13)8-15/h4-5,10-11H,3,6-9,13H2,1-2H3. The Labute approximate surface area is 97.4 Å². The van der Waals surface area contributed by atoms with E-state index >= 15 is 0 Å². The van der Waals surface area contributed by atoms with Gasteiger partial charge in [-0.1, -0.05) is 6.92 Å². The highest BCUT2D eigenvalue weighted by Crippen LogP contribution is 2.16. The van der Waals surface area contributed by atoms with E-state index in [1.165, 1.54) is 0 Å². The van der Waals surface area contributed by atoms with Crippen LogP contribution in [-0.4, -0.2) is 33.6 Å². The molecule has 0 saturated carbocycles. The molecule has 1 aliphatic rings. The number of aromatic nitrogens is 2. The van der Waals surface area contributed by atoms with E-state index in [1.54, 1.807) is 0 Å². The molecule has 2 heterocycles. The normalized spacial score (nSPS) is 27.2. The van der Waals surface area contributed by atoms with Gasteiger partial charge >= 0.3 is 0 Å². The molecule has 2 unspecified atom stereocenters. The molecule has 1 aromatic rings. The number of hydrogen-bond donors (Lipinski definition) is 1. The van der Waals surface area contributed by atoms with Gasteiger partial charge in [0.2, 0.25) is 0 Å². The monoisotopic (exact) mass is 222 g/mol. The van der Waals surface area contributed by atoms with Crippen LogP contribution in [0.1, 0.15) is 26.1 Å². The third-order valence-corrected chi connectivity index (χ3v) is 3.28. The predicted molar refractivity (Wildman–Crippen MR) is 64.9 cm³/mol. The highest BCUT2D eigenvalue weighted by atomic mass is 15.2. The molecule has 0 amide bonds. The van der Waals surface area contributed by atoms with Crippen molar-refractivity contribution in [1.82, 2.24) is 14.5 Å². The third kappa shape index (κ3) is 2.62. The van der Waals surface area contributed by atoms with Gasteiger partial charge in [-0.25, -0.2) is 4.98 Å².